The van der Waals surface area contributed by atoms with E-state index < -0.39 is 11.7 Å². The topological polar surface area (TPSA) is 131 Å². The van der Waals surface area contributed by atoms with E-state index in [4.69, 9.17) is 15.6 Å². The van der Waals surface area contributed by atoms with Crippen LogP contribution in [-0.2, 0) is 0 Å². The lowest BCUT2D eigenvalue weighted by molar-refractivity contribution is 0.0776. The highest BCUT2D eigenvalue weighted by Crippen LogP contribution is 2.41. The second-order valence-electron chi connectivity index (χ2n) is 10.4. The van der Waals surface area contributed by atoms with Crippen molar-refractivity contribution in [3.05, 3.63) is 110 Å². The van der Waals surface area contributed by atoms with Crippen molar-refractivity contribution < 1.29 is 9.13 Å². The smallest absolute Gasteiger partial charge is 0.194 e. The molecule has 0 unspecified atom stereocenters. The Bertz CT molecular complexity index is 1860. The fraction of sp³-hybridized carbons (Fsp3) is 0.156. The van der Waals surface area contributed by atoms with Gasteiger partial charge in [0.2, 0.25) is 0 Å². The van der Waals surface area contributed by atoms with E-state index in [0.29, 0.717) is 41.3 Å². The highest BCUT2D eigenvalue weighted by molar-refractivity contribution is 6.04. The predicted molar refractivity (Wildman–Crippen MR) is 168 cm³/mol. The van der Waals surface area contributed by atoms with Crippen LogP contribution in [0.5, 0.6) is 11.5 Å². The van der Waals surface area contributed by atoms with Crippen molar-refractivity contribution in [3.63, 3.8) is 0 Å². The molecule has 0 radical (unpaired) electrons. The molecule has 12 heteroatoms. The fourth-order valence-electron chi connectivity index (χ4n) is 5.63. The number of rotatable bonds is 5. The van der Waals surface area contributed by atoms with Gasteiger partial charge >= 0.3 is 0 Å². The first-order chi connectivity index (χ1) is 21.6. The summed E-state index contributed by atoms with van der Waals surface area (Å²) in [5.41, 5.74) is 12.1. The SMILES string of the molecule is Nc1ncnc2c1c(-c1ccc(Oc3ccccc3)cc1)nn2[C@@H]1CCN(C2=NNC=CC=C2)C[C@]1(F)C1=NNC=CC=C1. The zero-order valence-corrected chi connectivity index (χ0v) is 23.6. The molecule has 2 aromatic heterocycles. The quantitative estimate of drug-likeness (QED) is 0.302. The van der Waals surface area contributed by atoms with Gasteiger partial charge in [-0.1, -0.05) is 30.4 Å². The molecular weight excluding hydrogens is 559 g/mol. The summed E-state index contributed by atoms with van der Waals surface area (Å²) in [6.07, 6.45) is 15.9. The number of amidine groups is 1. The van der Waals surface area contributed by atoms with Gasteiger partial charge in [-0.25, -0.2) is 19.0 Å². The maximum absolute atomic E-state index is 17.8. The van der Waals surface area contributed by atoms with Crippen molar-refractivity contribution in [3.8, 4) is 22.8 Å². The van der Waals surface area contributed by atoms with E-state index in [9.17, 15) is 0 Å². The number of aromatic nitrogens is 4. The summed E-state index contributed by atoms with van der Waals surface area (Å²) in [6, 6.07) is 16.3. The Morgan fingerprint density at radius 3 is 2.45 bits per heavy atom. The minimum Gasteiger partial charge on any atom is -0.457 e. The fourth-order valence-corrected chi connectivity index (χ4v) is 5.63. The highest BCUT2D eigenvalue weighted by atomic mass is 19.1. The molecule has 2 aromatic carbocycles. The van der Waals surface area contributed by atoms with Crippen LogP contribution in [0.3, 0.4) is 0 Å². The van der Waals surface area contributed by atoms with E-state index in [1.54, 1.807) is 35.3 Å². The maximum Gasteiger partial charge on any atom is 0.194 e. The first kappa shape index (κ1) is 27.1. The molecule has 220 valence electrons. The number of nitrogens with zero attached hydrogens (tertiary/aromatic N) is 7. The molecule has 44 heavy (non-hydrogen) atoms. The van der Waals surface area contributed by atoms with Gasteiger partial charge in [0.1, 0.15) is 40.9 Å². The van der Waals surface area contributed by atoms with E-state index in [1.165, 1.54) is 6.33 Å². The Balaban J connectivity index is 1.29. The van der Waals surface area contributed by atoms with Crippen LogP contribution in [0.2, 0.25) is 0 Å². The van der Waals surface area contributed by atoms with Crippen molar-refractivity contribution in [2.24, 2.45) is 10.2 Å². The number of nitrogens with one attached hydrogen (secondary N) is 2. The highest BCUT2D eigenvalue weighted by Gasteiger charge is 2.50. The zero-order chi connectivity index (χ0) is 29.9. The van der Waals surface area contributed by atoms with Crippen LogP contribution in [0.1, 0.15) is 12.5 Å². The van der Waals surface area contributed by atoms with Crippen LogP contribution < -0.4 is 21.3 Å². The molecule has 3 aliphatic rings. The number of piperidine rings is 1. The molecule has 1 saturated heterocycles. The Labute approximate surface area is 252 Å². The molecule has 0 saturated carbocycles. The summed E-state index contributed by atoms with van der Waals surface area (Å²) in [6.45, 7) is 0.503. The van der Waals surface area contributed by atoms with Gasteiger partial charge in [-0.3, -0.25) is 10.9 Å². The maximum atomic E-state index is 17.8. The van der Waals surface area contributed by atoms with Gasteiger partial charge in [0.15, 0.2) is 11.3 Å². The summed E-state index contributed by atoms with van der Waals surface area (Å²) >= 11 is 0. The molecule has 5 heterocycles. The number of alkyl halides is 1. The van der Waals surface area contributed by atoms with E-state index in [1.807, 2.05) is 77.7 Å². The number of likely N-dealkylation sites (tertiary alicyclic amines) is 1. The summed E-state index contributed by atoms with van der Waals surface area (Å²) < 4.78 is 25.5. The Hall–Kier alpha value is -5.78. The lowest BCUT2D eigenvalue weighted by Crippen LogP contribution is -2.57. The molecule has 0 amide bonds. The molecule has 0 bridgehead atoms. The van der Waals surface area contributed by atoms with Crippen LogP contribution in [0.15, 0.2) is 120 Å². The first-order valence-electron chi connectivity index (χ1n) is 14.2. The number of hydrogen-bond acceptors (Lipinski definition) is 10. The van der Waals surface area contributed by atoms with Crippen LogP contribution in [0.25, 0.3) is 22.3 Å². The summed E-state index contributed by atoms with van der Waals surface area (Å²) in [5, 5.41) is 14.3. The number of nitrogen functional groups attached to an aromatic ring is 1. The van der Waals surface area contributed by atoms with Crippen LogP contribution >= 0.6 is 0 Å². The van der Waals surface area contributed by atoms with Crippen molar-refractivity contribution in [1.29, 1.82) is 0 Å². The lowest BCUT2D eigenvalue weighted by Gasteiger charge is -2.43. The number of halogens is 1. The molecular formula is C32H29FN10O. The summed E-state index contributed by atoms with van der Waals surface area (Å²) in [4.78, 5) is 10.7. The van der Waals surface area contributed by atoms with Crippen molar-refractivity contribution in [2.45, 2.75) is 18.1 Å². The molecule has 4 N–H and O–H groups in total. The van der Waals surface area contributed by atoms with Crippen molar-refractivity contribution >= 4 is 28.4 Å². The van der Waals surface area contributed by atoms with Gasteiger partial charge in [0, 0.05) is 24.5 Å². The average molecular weight is 589 g/mol. The van der Waals surface area contributed by atoms with E-state index in [-0.39, 0.29) is 18.1 Å². The van der Waals surface area contributed by atoms with Gasteiger partial charge in [0.25, 0.3) is 0 Å². The standard InChI is InChI=1S/C32H29FN10O/c33-32(25-10-4-6-17-37-39-25)20-42(27-11-5-7-18-38-40-27)19-16-26(32)43-31-28(30(34)35-21-36-31)29(41-43)22-12-14-24(15-13-22)44-23-8-2-1-3-9-23/h1-15,17-18,21,26,37-38H,16,19-20H2,(H2,34,35,36)/t26-,32+/m1/s1. The molecule has 2 atom stereocenters. The van der Waals surface area contributed by atoms with Crippen LogP contribution in [0, 0.1) is 0 Å². The van der Waals surface area contributed by atoms with E-state index >= 15 is 4.39 Å². The molecule has 1 fully saturated rings. The Kier molecular flexibility index (Phi) is 7.06. The lowest BCUT2D eigenvalue weighted by atomic mass is 9.84. The van der Waals surface area contributed by atoms with Gasteiger partial charge < -0.3 is 15.4 Å². The number of nitrogens with two attached hydrogens (primary N) is 1. The number of ether oxygens (including phenoxy) is 1. The molecule has 7 rings (SSSR count). The van der Waals surface area contributed by atoms with Crippen molar-refractivity contribution in [1.82, 2.24) is 35.5 Å². The van der Waals surface area contributed by atoms with Crippen molar-refractivity contribution in [2.75, 3.05) is 18.8 Å². The Morgan fingerprint density at radius 2 is 1.64 bits per heavy atom. The van der Waals surface area contributed by atoms with E-state index in [2.05, 4.69) is 31.0 Å². The summed E-state index contributed by atoms with van der Waals surface area (Å²) in [7, 11) is 0. The van der Waals surface area contributed by atoms with Crippen LogP contribution in [-0.4, -0.2) is 55.0 Å². The number of anilines is 1. The molecule has 0 spiro atoms. The van der Waals surface area contributed by atoms with E-state index in [0.717, 1.165) is 11.3 Å². The molecule has 3 aliphatic heterocycles. The number of allylic oxidation sites excluding steroid dienone is 5. The minimum absolute atomic E-state index is 0.0177. The molecule has 11 nitrogen and oxygen atoms in total. The second kappa shape index (κ2) is 11.5. The normalized spacial score (nSPS) is 21.2. The van der Waals surface area contributed by atoms with Gasteiger partial charge in [0.05, 0.1) is 18.0 Å². The third-order valence-electron chi connectivity index (χ3n) is 7.72. The molecule has 0 aliphatic carbocycles. The number of benzene rings is 2. The summed E-state index contributed by atoms with van der Waals surface area (Å²) in [5.74, 6) is 2.28. The number of para-hydroxylation sites is 1. The largest absolute Gasteiger partial charge is 0.457 e. The number of hydrogen-bond donors (Lipinski definition) is 3. The number of fused-ring (bicyclic) bond motifs is 1. The second-order valence-corrected chi connectivity index (χ2v) is 10.4. The predicted octanol–water partition coefficient (Wildman–Crippen LogP) is 4.84. The average Bonchev–Trinajstić information content (AvgIpc) is 3.26. The zero-order valence-electron chi connectivity index (χ0n) is 23.6. The van der Waals surface area contributed by atoms with Gasteiger partial charge in [-0.05, 0) is 67.1 Å². The number of hydrazone groups is 2. The Morgan fingerprint density at radius 1 is 0.886 bits per heavy atom. The minimum atomic E-state index is -1.99. The monoisotopic (exact) mass is 588 g/mol. The first-order valence-corrected chi connectivity index (χ1v) is 14.2. The van der Waals surface area contributed by atoms with Gasteiger partial charge in [-0.15, -0.1) is 0 Å². The third-order valence-corrected chi connectivity index (χ3v) is 7.72. The van der Waals surface area contributed by atoms with Crippen LogP contribution in [0.4, 0.5) is 10.2 Å². The molecule has 4 aromatic rings. The third kappa shape index (κ3) is 5.06. The van der Waals surface area contributed by atoms with Gasteiger partial charge in [-0.2, -0.15) is 15.3 Å².